The predicted molar refractivity (Wildman–Crippen MR) is 64.0 cm³/mol. The molecule has 0 aliphatic rings. The minimum atomic E-state index is -0.524. The molecule has 0 saturated carbocycles. The minimum Gasteiger partial charge on any atom is -0.461 e. The zero-order chi connectivity index (χ0) is 12.3. The fourth-order valence-corrected chi connectivity index (χ4v) is 1.46. The van der Waals surface area contributed by atoms with Gasteiger partial charge in [0.05, 0.1) is 12.3 Å². The molecule has 5 nitrogen and oxygen atoms in total. The van der Waals surface area contributed by atoms with Gasteiger partial charge in [0.25, 0.3) is 0 Å². The molecule has 2 rings (SSSR count). The van der Waals surface area contributed by atoms with Crippen LogP contribution in [0, 0.1) is 0 Å². The van der Waals surface area contributed by atoms with Crippen molar-refractivity contribution in [1.82, 2.24) is 9.38 Å². The number of hydrogen-bond donors (Lipinski definition) is 1. The molecule has 0 radical (unpaired) electrons. The highest BCUT2D eigenvalue weighted by molar-refractivity contribution is 5.92. The molecule has 0 unspecified atom stereocenters. The third-order valence-electron chi connectivity index (χ3n) is 2.20. The van der Waals surface area contributed by atoms with Gasteiger partial charge in [-0.2, -0.15) is 0 Å². The molecule has 0 amide bonds. The van der Waals surface area contributed by atoms with Crippen LogP contribution in [0.15, 0.2) is 36.3 Å². The van der Waals surface area contributed by atoms with Crippen molar-refractivity contribution in [2.24, 2.45) is 5.73 Å². The number of nitrogens with two attached hydrogens (primary N) is 1. The lowest BCUT2D eigenvalue weighted by molar-refractivity contribution is -0.138. The molecule has 0 atom stereocenters. The van der Waals surface area contributed by atoms with E-state index < -0.39 is 5.97 Å². The normalized spacial score (nSPS) is 11.7. The highest BCUT2D eigenvalue weighted by Crippen LogP contribution is 2.07. The Balaban J connectivity index is 2.28. The van der Waals surface area contributed by atoms with Crippen LogP contribution >= 0.6 is 0 Å². The van der Waals surface area contributed by atoms with Crippen molar-refractivity contribution in [1.29, 1.82) is 0 Å². The molecule has 5 heteroatoms. The molecule has 88 valence electrons. The van der Waals surface area contributed by atoms with Crippen LogP contribution in [0.3, 0.4) is 0 Å². The van der Waals surface area contributed by atoms with Crippen molar-refractivity contribution >= 4 is 17.7 Å². The third-order valence-corrected chi connectivity index (χ3v) is 2.20. The molecule has 2 aromatic rings. The second-order valence-electron chi connectivity index (χ2n) is 3.45. The van der Waals surface area contributed by atoms with Crippen LogP contribution in [-0.4, -0.2) is 22.0 Å². The molecular weight excluding hydrogens is 218 g/mol. The van der Waals surface area contributed by atoms with Crippen molar-refractivity contribution in [2.75, 3.05) is 6.61 Å². The topological polar surface area (TPSA) is 69.6 Å². The Morgan fingerprint density at radius 1 is 1.59 bits per heavy atom. The Labute approximate surface area is 98.5 Å². The number of carbonyl (C=O) groups is 1. The molecule has 2 heterocycles. The van der Waals surface area contributed by atoms with E-state index in [0.717, 1.165) is 5.65 Å². The lowest BCUT2D eigenvalue weighted by atomic mass is 10.3. The van der Waals surface area contributed by atoms with Crippen molar-refractivity contribution in [3.63, 3.8) is 0 Å². The summed E-state index contributed by atoms with van der Waals surface area (Å²) in [7, 11) is 0. The Morgan fingerprint density at radius 2 is 2.41 bits per heavy atom. The molecule has 0 aromatic carbocycles. The fourth-order valence-electron chi connectivity index (χ4n) is 1.46. The molecular formula is C12H13N3O2. The van der Waals surface area contributed by atoms with E-state index in [0.29, 0.717) is 12.3 Å². The minimum absolute atomic E-state index is 0.0512. The first-order valence-electron chi connectivity index (χ1n) is 5.28. The van der Waals surface area contributed by atoms with Crippen LogP contribution in [0.1, 0.15) is 12.6 Å². The summed E-state index contributed by atoms with van der Waals surface area (Å²) in [5.74, 6) is -0.524. The van der Waals surface area contributed by atoms with Gasteiger partial charge in [-0.05, 0) is 25.1 Å². The van der Waals surface area contributed by atoms with E-state index in [9.17, 15) is 4.79 Å². The summed E-state index contributed by atoms with van der Waals surface area (Å²) in [6.45, 7) is 2.04. The van der Waals surface area contributed by atoms with E-state index in [1.54, 1.807) is 13.1 Å². The first-order chi connectivity index (χ1) is 8.20. The molecule has 0 bridgehead atoms. The first-order valence-corrected chi connectivity index (χ1v) is 5.28. The molecule has 17 heavy (non-hydrogen) atoms. The quantitative estimate of drug-likeness (QED) is 0.636. The summed E-state index contributed by atoms with van der Waals surface area (Å²) in [6, 6.07) is 5.67. The van der Waals surface area contributed by atoms with Crippen molar-refractivity contribution in [2.45, 2.75) is 6.92 Å². The smallest absolute Gasteiger partial charge is 0.354 e. The average Bonchev–Trinajstić information content (AvgIpc) is 2.71. The van der Waals surface area contributed by atoms with Gasteiger partial charge >= 0.3 is 5.97 Å². The number of nitrogens with zero attached hydrogens (tertiary/aromatic N) is 2. The van der Waals surface area contributed by atoms with Crippen LogP contribution < -0.4 is 5.73 Å². The molecule has 2 aromatic heterocycles. The number of imidazole rings is 1. The highest BCUT2D eigenvalue weighted by Gasteiger charge is 2.07. The van der Waals surface area contributed by atoms with E-state index in [-0.39, 0.29) is 5.70 Å². The molecule has 0 fully saturated rings. The van der Waals surface area contributed by atoms with Gasteiger partial charge in [0.2, 0.25) is 0 Å². The Morgan fingerprint density at radius 3 is 3.12 bits per heavy atom. The summed E-state index contributed by atoms with van der Waals surface area (Å²) in [4.78, 5) is 15.6. The van der Waals surface area contributed by atoms with Gasteiger partial charge in [-0.3, -0.25) is 0 Å². The summed E-state index contributed by atoms with van der Waals surface area (Å²) >= 11 is 0. The Bertz CT molecular complexity index is 539. The summed E-state index contributed by atoms with van der Waals surface area (Å²) < 4.78 is 6.63. The maximum absolute atomic E-state index is 11.3. The number of rotatable bonds is 3. The van der Waals surface area contributed by atoms with E-state index in [1.165, 1.54) is 6.08 Å². The van der Waals surface area contributed by atoms with Crippen LogP contribution in [0.5, 0.6) is 0 Å². The molecule has 0 saturated heterocycles. The lowest BCUT2D eigenvalue weighted by Crippen LogP contribution is -2.14. The fraction of sp³-hybridized carbons (Fsp3) is 0.167. The lowest BCUT2D eigenvalue weighted by Gasteiger charge is -1.99. The summed E-state index contributed by atoms with van der Waals surface area (Å²) in [5, 5.41) is 0. The zero-order valence-electron chi connectivity index (χ0n) is 9.46. The Hall–Kier alpha value is -2.30. The molecule has 2 N–H and O–H groups in total. The van der Waals surface area contributed by atoms with Gasteiger partial charge in [0.1, 0.15) is 11.3 Å². The van der Waals surface area contributed by atoms with E-state index >= 15 is 0 Å². The second-order valence-corrected chi connectivity index (χ2v) is 3.45. The van der Waals surface area contributed by atoms with Gasteiger partial charge in [0, 0.05) is 12.4 Å². The average molecular weight is 231 g/mol. The molecule has 0 spiro atoms. The predicted octanol–water partition coefficient (Wildman–Crippen LogP) is 1.20. The summed E-state index contributed by atoms with van der Waals surface area (Å²) in [5.41, 5.74) is 7.07. The van der Waals surface area contributed by atoms with E-state index in [4.69, 9.17) is 10.5 Å². The monoisotopic (exact) mass is 231 g/mol. The number of ether oxygens (including phenoxy) is 1. The first kappa shape index (κ1) is 11.2. The molecule has 0 aliphatic heterocycles. The Kier molecular flexibility index (Phi) is 3.09. The van der Waals surface area contributed by atoms with Crippen molar-refractivity contribution < 1.29 is 9.53 Å². The standard InChI is InChI=1S/C12H13N3O2/c1-2-17-12(16)10(13)7-9-8-15-6-4-3-5-11(15)14-9/h3-8H,2,13H2,1H3/b10-7+. The number of aromatic nitrogens is 2. The van der Waals surface area contributed by atoms with Crippen LogP contribution in [0.4, 0.5) is 0 Å². The van der Waals surface area contributed by atoms with Gasteiger partial charge in [-0.15, -0.1) is 0 Å². The van der Waals surface area contributed by atoms with E-state index in [2.05, 4.69) is 4.98 Å². The number of pyridine rings is 1. The van der Waals surface area contributed by atoms with E-state index in [1.807, 2.05) is 28.8 Å². The number of hydrogen-bond acceptors (Lipinski definition) is 4. The van der Waals surface area contributed by atoms with Crippen LogP contribution in [0.25, 0.3) is 11.7 Å². The SMILES string of the molecule is CCOC(=O)/C(N)=C\c1cn2ccccc2n1. The van der Waals surface area contributed by atoms with Crippen molar-refractivity contribution in [3.05, 3.63) is 42.0 Å². The van der Waals surface area contributed by atoms with Gasteiger partial charge in [-0.25, -0.2) is 9.78 Å². The van der Waals surface area contributed by atoms with Crippen molar-refractivity contribution in [3.8, 4) is 0 Å². The number of carbonyl (C=O) groups excluding carboxylic acids is 1. The highest BCUT2D eigenvalue weighted by atomic mass is 16.5. The third kappa shape index (κ3) is 2.44. The maximum atomic E-state index is 11.3. The van der Waals surface area contributed by atoms with Gasteiger partial charge in [0.15, 0.2) is 0 Å². The number of fused-ring (bicyclic) bond motifs is 1. The van der Waals surface area contributed by atoms with Crippen LogP contribution in [-0.2, 0) is 9.53 Å². The van der Waals surface area contributed by atoms with Gasteiger partial charge in [-0.1, -0.05) is 6.07 Å². The second kappa shape index (κ2) is 4.69. The largest absolute Gasteiger partial charge is 0.461 e. The number of esters is 1. The molecule has 0 aliphatic carbocycles. The van der Waals surface area contributed by atoms with Crippen LogP contribution in [0.2, 0.25) is 0 Å². The zero-order valence-corrected chi connectivity index (χ0v) is 9.46. The van der Waals surface area contributed by atoms with Gasteiger partial charge < -0.3 is 14.9 Å². The summed E-state index contributed by atoms with van der Waals surface area (Å²) in [6.07, 6.45) is 5.17. The maximum Gasteiger partial charge on any atom is 0.354 e.